The van der Waals surface area contributed by atoms with Crippen LogP contribution in [0.15, 0.2) is 30.3 Å². The van der Waals surface area contributed by atoms with Crippen LogP contribution in [0.4, 0.5) is 30.6 Å². The van der Waals surface area contributed by atoms with Crippen LogP contribution in [-0.2, 0) is 6.18 Å². The quantitative estimate of drug-likeness (QED) is 0.750. The molecule has 0 saturated heterocycles. The Hall–Kier alpha value is -2.55. The van der Waals surface area contributed by atoms with Gasteiger partial charge in [0.05, 0.1) is 0 Å². The van der Waals surface area contributed by atoms with Gasteiger partial charge in [-0.15, -0.1) is 0 Å². The van der Waals surface area contributed by atoms with Crippen molar-refractivity contribution >= 4 is 17.5 Å². The Balaban J connectivity index is 2.25. The van der Waals surface area contributed by atoms with E-state index in [2.05, 4.69) is 20.6 Å². The van der Waals surface area contributed by atoms with Gasteiger partial charge in [-0.3, -0.25) is 0 Å². The Bertz CT molecular complexity index is 691. The van der Waals surface area contributed by atoms with E-state index in [9.17, 15) is 18.3 Å². The maximum absolute atomic E-state index is 13.0. The van der Waals surface area contributed by atoms with E-state index < -0.39 is 11.9 Å². The van der Waals surface area contributed by atoms with Crippen molar-refractivity contribution in [3.63, 3.8) is 0 Å². The topological polar surface area (TPSA) is 73.3 Å². The molecule has 0 amide bonds. The van der Waals surface area contributed by atoms with Gasteiger partial charge in [0.25, 0.3) is 0 Å². The van der Waals surface area contributed by atoms with Crippen molar-refractivity contribution in [3.05, 3.63) is 36.0 Å². The lowest BCUT2D eigenvalue weighted by Crippen LogP contribution is -2.22. The van der Waals surface area contributed by atoms with E-state index in [1.807, 2.05) is 19.0 Å². The number of phenolic OH excluding ortho intramolecular Hbond substituents is 1. The normalized spacial score (nSPS) is 11.6. The van der Waals surface area contributed by atoms with Crippen LogP contribution in [0.25, 0.3) is 0 Å². The average molecular weight is 341 g/mol. The summed E-state index contributed by atoms with van der Waals surface area (Å²) in [5.74, 6) is -0.140. The number of likely N-dealkylation sites (N-methyl/N-ethyl adjacent to an activating group) is 1. The standard InChI is InChI=1S/C15H18F3N5O/c1-23(2)7-6-19-14-21-12(15(16,17)18)9-13(22-14)20-10-4-3-5-11(24)8-10/h3-5,8-9,24H,6-7H2,1-2H3,(H2,19,20,21,22). The molecule has 0 saturated carbocycles. The molecule has 0 fully saturated rings. The zero-order chi connectivity index (χ0) is 17.7. The predicted molar refractivity (Wildman–Crippen MR) is 85.5 cm³/mol. The number of hydrogen-bond donors (Lipinski definition) is 3. The van der Waals surface area contributed by atoms with Crippen molar-refractivity contribution in [1.29, 1.82) is 0 Å². The van der Waals surface area contributed by atoms with Crippen LogP contribution in [0.2, 0.25) is 0 Å². The molecule has 2 aromatic rings. The van der Waals surface area contributed by atoms with Gasteiger partial charge < -0.3 is 20.6 Å². The molecular weight excluding hydrogens is 323 g/mol. The molecule has 24 heavy (non-hydrogen) atoms. The maximum atomic E-state index is 13.0. The summed E-state index contributed by atoms with van der Waals surface area (Å²) < 4.78 is 39.0. The maximum Gasteiger partial charge on any atom is 0.433 e. The fourth-order valence-corrected chi connectivity index (χ4v) is 1.86. The van der Waals surface area contributed by atoms with Crippen LogP contribution < -0.4 is 10.6 Å². The highest BCUT2D eigenvalue weighted by atomic mass is 19.4. The lowest BCUT2D eigenvalue weighted by molar-refractivity contribution is -0.141. The zero-order valence-electron chi connectivity index (χ0n) is 13.2. The third-order valence-corrected chi connectivity index (χ3v) is 2.98. The lowest BCUT2D eigenvalue weighted by Gasteiger charge is -2.14. The molecule has 0 aliphatic carbocycles. The smallest absolute Gasteiger partial charge is 0.433 e. The molecule has 130 valence electrons. The summed E-state index contributed by atoms with van der Waals surface area (Å²) in [6, 6.07) is 6.84. The molecule has 3 N–H and O–H groups in total. The number of anilines is 3. The number of nitrogens with zero attached hydrogens (tertiary/aromatic N) is 3. The Morgan fingerprint density at radius 3 is 2.54 bits per heavy atom. The summed E-state index contributed by atoms with van der Waals surface area (Å²) in [5, 5.41) is 14.9. The number of alkyl halides is 3. The highest BCUT2D eigenvalue weighted by molar-refractivity contribution is 5.59. The van der Waals surface area contributed by atoms with Gasteiger partial charge >= 0.3 is 6.18 Å². The number of phenols is 1. The first kappa shape index (κ1) is 17.8. The second-order valence-electron chi connectivity index (χ2n) is 5.37. The van der Waals surface area contributed by atoms with Crippen molar-refractivity contribution in [1.82, 2.24) is 14.9 Å². The highest BCUT2D eigenvalue weighted by Gasteiger charge is 2.33. The second kappa shape index (κ2) is 7.35. The summed E-state index contributed by atoms with van der Waals surface area (Å²) in [4.78, 5) is 9.42. The molecule has 0 spiro atoms. The lowest BCUT2D eigenvalue weighted by atomic mass is 10.3. The summed E-state index contributed by atoms with van der Waals surface area (Å²) >= 11 is 0. The number of benzene rings is 1. The number of hydrogen-bond acceptors (Lipinski definition) is 6. The summed E-state index contributed by atoms with van der Waals surface area (Å²) in [6.45, 7) is 1.02. The van der Waals surface area contributed by atoms with Gasteiger partial charge in [0.15, 0.2) is 5.69 Å². The molecule has 2 rings (SSSR count). The highest BCUT2D eigenvalue weighted by Crippen LogP contribution is 2.30. The number of aromatic nitrogens is 2. The Morgan fingerprint density at radius 1 is 1.17 bits per heavy atom. The van der Waals surface area contributed by atoms with Gasteiger partial charge in [0, 0.05) is 30.9 Å². The number of nitrogens with one attached hydrogen (secondary N) is 2. The molecule has 1 heterocycles. The molecule has 0 bridgehead atoms. The van der Waals surface area contributed by atoms with E-state index in [0.717, 1.165) is 6.07 Å². The molecule has 9 heteroatoms. The third-order valence-electron chi connectivity index (χ3n) is 2.98. The molecule has 6 nitrogen and oxygen atoms in total. The van der Waals surface area contributed by atoms with E-state index >= 15 is 0 Å². The van der Waals surface area contributed by atoms with Crippen molar-refractivity contribution in [3.8, 4) is 5.75 Å². The summed E-state index contributed by atoms with van der Waals surface area (Å²) in [7, 11) is 3.70. The fraction of sp³-hybridized carbons (Fsp3) is 0.333. The van der Waals surface area contributed by atoms with Gasteiger partial charge in [-0.1, -0.05) is 6.07 Å². The van der Waals surface area contributed by atoms with Crippen LogP contribution >= 0.6 is 0 Å². The molecule has 0 unspecified atom stereocenters. The first-order valence-corrected chi connectivity index (χ1v) is 7.15. The van der Waals surface area contributed by atoms with Crippen LogP contribution in [-0.4, -0.2) is 47.2 Å². The van der Waals surface area contributed by atoms with Crippen molar-refractivity contribution in [2.45, 2.75) is 6.18 Å². The fourth-order valence-electron chi connectivity index (χ4n) is 1.86. The van der Waals surface area contributed by atoms with E-state index in [1.165, 1.54) is 12.1 Å². The minimum Gasteiger partial charge on any atom is -0.508 e. The zero-order valence-corrected chi connectivity index (χ0v) is 13.2. The van der Waals surface area contributed by atoms with Gasteiger partial charge in [-0.2, -0.15) is 18.2 Å². The van der Waals surface area contributed by atoms with E-state index in [1.54, 1.807) is 12.1 Å². The van der Waals surface area contributed by atoms with Gasteiger partial charge in [-0.25, -0.2) is 4.98 Å². The van der Waals surface area contributed by atoms with Crippen LogP contribution in [0.3, 0.4) is 0 Å². The van der Waals surface area contributed by atoms with Crippen LogP contribution in [0, 0.1) is 0 Å². The SMILES string of the molecule is CN(C)CCNc1nc(Nc2cccc(O)c2)cc(C(F)(F)F)n1. The second-order valence-corrected chi connectivity index (χ2v) is 5.37. The third kappa shape index (κ3) is 5.27. The molecule has 1 aromatic heterocycles. The van der Waals surface area contributed by atoms with Crippen LogP contribution in [0.1, 0.15) is 5.69 Å². The minimum absolute atomic E-state index is 0.00516. The molecular formula is C15H18F3N5O. The molecule has 0 atom stereocenters. The first-order chi connectivity index (χ1) is 11.2. The summed E-state index contributed by atoms with van der Waals surface area (Å²) in [5.41, 5.74) is -0.631. The molecule has 0 aliphatic heterocycles. The van der Waals surface area contributed by atoms with Crippen LogP contribution in [0.5, 0.6) is 5.75 Å². The van der Waals surface area contributed by atoms with Gasteiger partial charge in [0.2, 0.25) is 5.95 Å². The van der Waals surface area contributed by atoms with Crippen molar-refractivity contribution in [2.75, 3.05) is 37.8 Å². The van der Waals surface area contributed by atoms with Crippen molar-refractivity contribution in [2.24, 2.45) is 0 Å². The largest absolute Gasteiger partial charge is 0.508 e. The number of halogens is 3. The Kier molecular flexibility index (Phi) is 5.45. The molecule has 0 aliphatic rings. The number of rotatable bonds is 6. The molecule has 0 radical (unpaired) electrons. The van der Waals surface area contributed by atoms with Gasteiger partial charge in [-0.05, 0) is 26.2 Å². The van der Waals surface area contributed by atoms with Gasteiger partial charge in [0.1, 0.15) is 11.6 Å². The minimum atomic E-state index is -4.59. The first-order valence-electron chi connectivity index (χ1n) is 7.15. The van der Waals surface area contributed by atoms with E-state index in [-0.39, 0.29) is 17.5 Å². The molecule has 1 aromatic carbocycles. The summed E-state index contributed by atoms with van der Waals surface area (Å²) in [6.07, 6.45) is -4.59. The Morgan fingerprint density at radius 2 is 1.92 bits per heavy atom. The average Bonchev–Trinajstić information content (AvgIpc) is 2.45. The van der Waals surface area contributed by atoms with E-state index in [0.29, 0.717) is 18.8 Å². The predicted octanol–water partition coefficient (Wildman–Crippen LogP) is 2.92. The number of aromatic hydroxyl groups is 1. The van der Waals surface area contributed by atoms with Crippen molar-refractivity contribution < 1.29 is 18.3 Å². The monoisotopic (exact) mass is 341 g/mol. The Labute approximate surface area is 137 Å². The van der Waals surface area contributed by atoms with E-state index in [4.69, 9.17) is 0 Å².